The van der Waals surface area contributed by atoms with Gasteiger partial charge in [-0.25, -0.2) is 0 Å². The maximum atomic E-state index is 12.2. The van der Waals surface area contributed by atoms with Crippen LogP contribution in [0, 0.1) is 17.0 Å². The molecular weight excluding hydrogens is 322 g/mol. The molecule has 1 N–H and O–H groups in total. The first-order chi connectivity index (χ1) is 11.9. The smallest absolute Gasteiger partial charge is 0.272 e. The number of aromatic nitrogens is 2. The number of hydrogen-bond donors (Lipinski definition) is 1. The second-order valence-corrected chi connectivity index (χ2v) is 6.37. The van der Waals surface area contributed by atoms with Gasteiger partial charge in [-0.3, -0.25) is 19.6 Å². The molecular formula is C17H21N5O3. The number of nitro groups is 1. The zero-order valence-electron chi connectivity index (χ0n) is 14.3. The summed E-state index contributed by atoms with van der Waals surface area (Å²) in [6, 6.07) is 5.33. The predicted molar refractivity (Wildman–Crippen MR) is 93.7 cm³/mol. The van der Waals surface area contributed by atoms with Crippen LogP contribution in [-0.4, -0.2) is 39.7 Å². The van der Waals surface area contributed by atoms with Crippen molar-refractivity contribution < 1.29 is 9.72 Å². The van der Waals surface area contributed by atoms with Gasteiger partial charge in [0.15, 0.2) is 0 Å². The number of nitrogens with zero attached hydrogens (tertiary/aromatic N) is 4. The lowest BCUT2D eigenvalue weighted by molar-refractivity contribution is -0.385. The fourth-order valence-corrected chi connectivity index (χ4v) is 3.13. The van der Waals surface area contributed by atoms with Crippen LogP contribution in [0.5, 0.6) is 0 Å². The second kappa shape index (κ2) is 6.92. The molecule has 2 heterocycles. The third kappa shape index (κ3) is 3.78. The van der Waals surface area contributed by atoms with Crippen molar-refractivity contribution in [3.8, 4) is 0 Å². The van der Waals surface area contributed by atoms with Gasteiger partial charge in [0, 0.05) is 49.7 Å². The van der Waals surface area contributed by atoms with Crippen LogP contribution >= 0.6 is 0 Å². The standard InChI is InChI=1S/C17H21N5O3/c1-12-9-15(3-4-16(12)22(24)25)21-7-5-14(6-8-21)19-17(23)13-10-18-20(2)11-13/h3-4,9-11,14H,5-8H2,1-2H3,(H,19,23). The van der Waals surface area contributed by atoms with Crippen molar-refractivity contribution in [1.29, 1.82) is 0 Å². The monoisotopic (exact) mass is 343 g/mol. The van der Waals surface area contributed by atoms with E-state index >= 15 is 0 Å². The third-order valence-electron chi connectivity index (χ3n) is 4.54. The molecule has 0 radical (unpaired) electrons. The Balaban J connectivity index is 1.57. The number of carbonyl (C=O) groups excluding carboxylic acids is 1. The zero-order chi connectivity index (χ0) is 18.0. The van der Waals surface area contributed by atoms with Crippen molar-refractivity contribution in [2.45, 2.75) is 25.8 Å². The van der Waals surface area contributed by atoms with E-state index in [2.05, 4.69) is 15.3 Å². The summed E-state index contributed by atoms with van der Waals surface area (Å²) in [5.41, 5.74) is 2.35. The van der Waals surface area contributed by atoms with Crippen LogP contribution in [0.4, 0.5) is 11.4 Å². The van der Waals surface area contributed by atoms with Crippen molar-refractivity contribution in [3.05, 3.63) is 51.8 Å². The van der Waals surface area contributed by atoms with Crippen LogP contribution in [-0.2, 0) is 7.05 Å². The molecule has 25 heavy (non-hydrogen) atoms. The van der Waals surface area contributed by atoms with Gasteiger partial charge in [0.05, 0.1) is 16.7 Å². The van der Waals surface area contributed by atoms with E-state index in [9.17, 15) is 14.9 Å². The maximum Gasteiger partial charge on any atom is 0.272 e. The highest BCUT2D eigenvalue weighted by atomic mass is 16.6. The van der Waals surface area contributed by atoms with Crippen LogP contribution in [0.3, 0.4) is 0 Å². The number of hydrogen-bond acceptors (Lipinski definition) is 5. The summed E-state index contributed by atoms with van der Waals surface area (Å²) >= 11 is 0. The third-order valence-corrected chi connectivity index (χ3v) is 4.54. The summed E-state index contributed by atoms with van der Waals surface area (Å²) in [7, 11) is 1.78. The van der Waals surface area contributed by atoms with Crippen molar-refractivity contribution in [1.82, 2.24) is 15.1 Å². The van der Waals surface area contributed by atoms with Gasteiger partial charge in [-0.15, -0.1) is 0 Å². The molecule has 8 nitrogen and oxygen atoms in total. The molecule has 0 atom stereocenters. The average molecular weight is 343 g/mol. The predicted octanol–water partition coefficient (Wildman–Crippen LogP) is 2.04. The summed E-state index contributed by atoms with van der Waals surface area (Å²) in [5, 5.41) is 18.0. The number of rotatable bonds is 4. The van der Waals surface area contributed by atoms with Gasteiger partial charge in [-0.2, -0.15) is 5.10 Å². The lowest BCUT2D eigenvalue weighted by Gasteiger charge is -2.34. The second-order valence-electron chi connectivity index (χ2n) is 6.37. The van der Waals surface area contributed by atoms with E-state index < -0.39 is 0 Å². The van der Waals surface area contributed by atoms with Gasteiger partial charge in [0.25, 0.3) is 11.6 Å². The number of anilines is 1. The molecule has 1 aromatic heterocycles. The fourth-order valence-electron chi connectivity index (χ4n) is 3.13. The van der Waals surface area contributed by atoms with Gasteiger partial charge < -0.3 is 10.2 Å². The first-order valence-corrected chi connectivity index (χ1v) is 8.23. The summed E-state index contributed by atoms with van der Waals surface area (Å²) < 4.78 is 1.61. The largest absolute Gasteiger partial charge is 0.371 e. The Labute approximate surface area is 145 Å². The van der Waals surface area contributed by atoms with E-state index in [1.165, 1.54) is 0 Å². The van der Waals surface area contributed by atoms with Gasteiger partial charge in [0.1, 0.15) is 0 Å². The first-order valence-electron chi connectivity index (χ1n) is 8.23. The van der Waals surface area contributed by atoms with Crippen molar-refractivity contribution >= 4 is 17.3 Å². The van der Waals surface area contributed by atoms with E-state index in [4.69, 9.17) is 0 Å². The van der Waals surface area contributed by atoms with E-state index in [1.807, 2.05) is 6.07 Å². The number of piperidine rings is 1. The molecule has 0 aliphatic carbocycles. The summed E-state index contributed by atoms with van der Waals surface area (Å²) in [5.74, 6) is -0.0993. The van der Waals surface area contributed by atoms with E-state index in [0.29, 0.717) is 11.1 Å². The van der Waals surface area contributed by atoms with Gasteiger partial charge in [-0.05, 0) is 31.9 Å². The van der Waals surface area contributed by atoms with Crippen molar-refractivity contribution in [3.63, 3.8) is 0 Å². The number of benzene rings is 1. The van der Waals surface area contributed by atoms with Crippen LogP contribution in [0.1, 0.15) is 28.8 Å². The molecule has 1 amide bonds. The SMILES string of the molecule is Cc1cc(N2CCC(NC(=O)c3cnn(C)c3)CC2)ccc1[N+](=O)[O-]. The molecule has 1 aromatic carbocycles. The Kier molecular flexibility index (Phi) is 4.69. The Hall–Kier alpha value is -2.90. The Morgan fingerprint density at radius 2 is 2.08 bits per heavy atom. The Bertz CT molecular complexity index is 793. The fraction of sp³-hybridized carbons (Fsp3) is 0.412. The highest BCUT2D eigenvalue weighted by Crippen LogP contribution is 2.26. The van der Waals surface area contributed by atoms with Crippen LogP contribution in [0.25, 0.3) is 0 Å². The highest BCUT2D eigenvalue weighted by molar-refractivity contribution is 5.93. The molecule has 1 fully saturated rings. The molecule has 1 aliphatic heterocycles. The Morgan fingerprint density at radius 1 is 1.36 bits per heavy atom. The number of carbonyl (C=O) groups is 1. The van der Waals surface area contributed by atoms with E-state index in [1.54, 1.807) is 43.2 Å². The Morgan fingerprint density at radius 3 is 2.64 bits per heavy atom. The first kappa shape index (κ1) is 16.9. The van der Waals surface area contributed by atoms with Gasteiger partial charge in [0.2, 0.25) is 0 Å². The number of nitro benzene ring substituents is 1. The van der Waals surface area contributed by atoms with Gasteiger partial charge in [-0.1, -0.05) is 0 Å². The summed E-state index contributed by atoms with van der Waals surface area (Å²) in [6.07, 6.45) is 4.93. The van der Waals surface area contributed by atoms with E-state index in [0.717, 1.165) is 31.6 Å². The molecule has 8 heteroatoms. The van der Waals surface area contributed by atoms with E-state index in [-0.39, 0.29) is 22.6 Å². The number of aryl methyl sites for hydroxylation is 2. The maximum absolute atomic E-state index is 12.2. The molecule has 3 rings (SSSR count). The summed E-state index contributed by atoms with van der Waals surface area (Å²) in [6.45, 7) is 3.35. The minimum atomic E-state index is -0.362. The van der Waals surface area contributed by atoms with Crippen molar-refractivity contribution in [2.75, 3.05) is 18.0 Å². The minimum absolute atomic E-state index is 0.0993. The lowest BCUT2D eigenvalue weighted by Crippen LogP contribution is -2.44. The normalized spacial score (nSPS) is 15.2. The quantitative estimate of drug-likeness (QED) is 0.677. The van der Waals surface area contributed by atoms with Crippen LogP contribution in [0.2, 0.25) is 0 Å². The molecule has 1 aliphatic rings. The molecule has 0 bridgehead atoms. The molecule has 0 spiro atoms. The molecule has 132 valence electrons. The summed E-state index contributed by atoms with van der Waals surface area (Å²) in [4.78, 5) is 24.9. The zero-order valence-corrected chi connectivity index (χ0v) is 14.3. The minimum Gasteiger partial charge on any atom is -0.371 e. The number of nitrogens with one attached hydrogen (secondary N) is 1. The van der Waals surface area contributed by atoms with Gasteiger partial charge >= 0.3 is 0 Å². The molecule has 0 saturated carbocycles. The molecule has 1 saturated heterocycles. The molecule has 2 aromatic rings. The highest BCUT2D eigenvalue weighted by Gasteiger charge is 2.22. The van der Waals surface area contributed by atoms with Crippen LogP contribution in [0.15, 0.2) is 30.6 Å². The van der Waals surface area contributed by atoms with Crippen molar-refractivity contribution in [2.24, 2.45) is 7.05 Å². The topological polar surface area (TPSA) is 93.3 Å². The average Bonchev–Trinajstić information content (AvgIpc) is 3.02. The lowest BCUT2D eigenvalue weighted by atomic mass is 10.0. The number of amides is 1. The van der Waals surface area contributed by atoms with Crippen LogP contribution < -0.4 is 10.2 Å². The molecule has 0 unspecified atom stereocenters.